The van der Waals surface area contributed by atoms with Crippen molar-refractivity contribution in [3.63, 3.8) is 0 Å². The van der Waals surface area contributed by atoms with Crippen LogP contribution in [0.15, 0.2) is 30.5 Å². The van der Waals surface area contributed by atoms with E-state index in [1.165, 1.54) is 32.1 Å². The molecule has 1 fully saturated rings. The Morgan fingerprint density at radius 1 is 1.11 bits per heavy atom. The first kappa shape index (κ1) is 21.8. The Morgan fingerprint density at radius 2 is 1.81 bits per heavy atom. The minimum Gasteiger partial charge on any atom is -0.384 e. The van der Waals surface area contributed by atoms with Crippen LogP contribution in [0.2, 0.25) is 5.02 Å². The minimum absolute atomic E-state index is 0.730. The summed E-state index contributed by atoms with van der Waals surface area (Å²) in [6, 6.07) is 8.64. The van der Waals surface area contributed by atoms with E-state index in [0.717, 1.165) is 47.2 Å². The van der Waals surface area contributed by atoms with Crippen LogP contribution >= 0.6 is 11.6 Å². The van der Waals surface area contributed by atoms with Gasteiger partial charge in [-0.05, 0) is 50.1 Å². The fourth-order valence-electron chi connectivity index (χ4n) is 3.20. The van der Waals surface area contributed by atoms with Crippen molar-refractivity contribution in [3.05, 3.63) is 35.5 Å². The molecule has 2 aromatic rings. The Labute approximate surface area is 165 Å². The molecule has 1 aromatic heterocycles. The zero-order valence-electron chi connectivity index (χ0n) is 15.1. The number of benzene rings is 1. The zero-order chi connectivity index (χ0) is 19.7. The maximum Gasteiger partial charge on any atom is 0.394 e. The molecule has 9 heteroatoms. The summed E-state index contributed by atoms with van der Waals surface area (Å²) in [6.45, 7) is 2.06. The molecule has 1 heterocycles. The topological polar surface area (TPSA) is 112 Å². The number of halogens is 1. The van der Waals surface area contributed by atoms with E-state index in [4.69, 9.17) is 29.1 Å². The average Bonchev–Trinajstić information content (AvgIpc) is 2.61. The summed E-state index contributed by atoms with van der Waals surface area (Å²) in [5.74, 6) is 0. The predicted molar refractivity (Wildman–Crippen MR) is 109 cm³/mol. The van der Waals surface area contributed by atoms with Crippen molar-refractivity contribution < 1.29 is 17.5 Å². The van der Waals surface area contributed by atoms with Gasteiger partial charge in [0, 0.05) is 34.9 Å². The molecule has 0 unspecified atom stereocenters. The van der Waals surface area contributed by atoms with Crippen LogP contribution in [0.1, 0.15) is 38.5 Å². The molecule has 1 aromatic carbocycles. The smallest absolute Gasteiger partial charge is 0.384 e. The maximum atomic E-state index is 8.74. The Kier molecular flexibility index (Phi) is 8.72. The molecule has 0 saturated heterocycles. The first-order valence-corrected chi connectivity index (χ1v) is 10.8. The van der Waals surface area contributed by atoms with E-state index in [9.17, 15) is 0 Å². The normalized spacial score (nSPS) is 15.2. The van der Waals surface area contributed by atoms with Gasteiger partial charge >= 0.3 is 10.4 Å². The second kappa shape index (κ2) is 10.8. The van der Waals surface area contributed by atoms with Crippen LogP contribution in [0.5, 0.6) is 0 Å². The highest BCUT2D eigenvalue weighted by Crippen LogP contribution is 2.24. The van der Waals surface area contributed by atoms with Crippen LogP contribution in [0, 0.1) is 0 Å². The number of rotatable bonds is 6. The highest BCUT2D eigenvalue weighted by atomic mass is 35.5. The maximum absolute atomic E-state index is 8.74. The average molecular weight is 416 g/mol. The number of anilines is 1. The highest BCUT2D eigenvalue weighted by Gasteiger charge is 2.11. The monoisotopic (exact) mass is 415 g/mol. The van der Waals surface area contributed by atoms with E-state index in [1.807, 2.05) is 30.5 Å². The largest absolute Gasteiger partial charge is 0.394 e. The molecule has 0 amide bonds. The molecule has 1 aliphatic rings. The summed E-state index contributed by atoms with van der Waals surface area (Å²) in [7, 11) is -4.67. The van der Waals surface area contributed by atoms with Gasteiger partial charge in [0.1, 0.15) is 0 Å². The lowest BCUT2D eigenvalue weighted by molar-refractivity contribution is 0.373. The molecular weight excluding hydrogens is 390 g/mol. The van der Waals surface area contributed by atoms with Gasteiger partial charge < -0.3 is 10.6 Å². The van der Waals surface area contributed by atoms with Crippen molar-refractivity contribution in [2.45, 2.75) is 44.6 Å². The number of hydrogen-bond acceptors (Lipinski definition) is 5. The first-order chi connectivity index (χ1) is 12.8. The number of nitrogens with one attached hydrogen (secondary N) is 2. The summed E-state index contributed by atoms with van der Waals surface area (Å²) < 4.78 is 31.6. The van der Waals surface area contributed by atoms with Crippen molar-refractivity contribution in [1.29, 1.82) is 0 Å². The fourth-order valence-corrected chi connectivity index (χ4v) is 3.37. The van der Waals surface area contributed by atoms with Gasteiger partial charge in [0.05, 0.1) is 5.52 Å². The van der Waals surface area contributed by atoms with Gasteiger partial charge in [-0.15, -0.1) is 0 Å². The molecule has 27 heavy (non-hydrogen) atoms. The second-order valence-electron chi connectivity index (χ2n) is 6.54. The van der Waals surface area contributed by atoms with E-state index < -0.39 is 10.4 Å². The Balaban J connectivity index is 0.000000465. The Bertz CT molecular complexity index is 818. The number of aromatic nitrogens is 1. The molecule has 1 aliphatic carbocycles. The van der Waals surface area contributed by atoms with E-state index >= 15 is 0 Å². The summed E-state index contributed by atoms with van der Waals surface area (Å²) in [6.07, 6.45) is 9.86. The van der Waals surface area contributed by atoms with Crippen molar-refractivity contribution in [3.8, 4) is 0 Å². The molecule has 0 bridgehead atoms. The molecule has 1 saturated carbocycles. The van der Waals surface area contributed by atoms with Gasteiger partial charge in [0.25, 0.3) is 0 Å². The molecule has 0 aliphatic heterocycles. The number of pyridine rings is 1. The lowest BCUT2D eigenvalue weighted by Gasteiger charge is -2.22. The Hall–Kier alpha value is -1.45. The van der Waals surface area contributed by atoms with Crippen molar-refractivity contribution in [2.75, 3.05) is 18.4 Å². The summed E-state index contributed by atoms with van der Waals surface area (Å²) >= 11 is 6.02. The van der Waals surface area contributed by atoms with Crippen LogP contribution in [0.25, 0.3) is 10.9 Å². The molecule has 0 atom stereocenters. The van der Waals surface area contributed by atoms with E-state index in [2.05, 4.69) is 15.6 Å². The summed E-state index contributed by atoms with van der Waals surface area (Å²) in [4.78, 5) is 4.37. The highest BCUT2D eigenvalue weighted by molar-refractivity contribution is 7.79. The lowest BCUT2D eigenvalue weighted by atomic mass is 9.95. The SMILES string of the molecule is Clc1ccc2c(NCCCNC3CCCCC3)ccnc2c1.O=S(=O)(O)O. The van der Waals surface area contributed by atoms with Crippen LogP contribution in [-0.2, 0) is 10.4 Å². The first-order valence-electron chi connectivity index (χ1n) is 9.04. The molecule has 7 nitrogen and oxygen atoms in total. The molecule has 0 spiro atoms. The number of hydrogen-bond donors (Lipinski definition) is 4. The van der Waals surface area contributed by atoms with E-state index in [0.29, 0.717) is 0 Å². The van der Waals surface area contributed by atoms with Crippen LogP contribution in [-0.4, -0.2) is 41.6 Å². The molecule has 3 rings (SSSR count). The molecule has 0 radical (unpaired) electrons. The van der Waals surface area contributed by atoms with Crippen molar-refractivity contribution in [2.24, 2.45) is 0 Å². The third-order valence-corrected chi connectivity index (χ3v) is 4.65. The third-order valence-electron chi connectivity index (χ3n) is 4.41. The summed E-state index contributed by atoms with van der Waals surface area (Å²) in [5.41, 5.74) is 2.08. The van der Waals surface area contributed by atoms with Crippen LogP contribution in [0.4, 0.5) is 5.69 Å². The van der Waals surface area contributed by atoms with Crippen molar-refractivity contribution in [1.82, 2.24) is 10.3 Å². The van der Waals surface area contributed by atoms with E-state index in [1.54, 1.807) is 0 Å². The Morgan fingerprint density at radius 3 is 2.52 bits per heavy atom. The predicted octanol–water partition coefficient (Wildman–Crippen LogP) is 3.96. The molecule has 4 N–H and O–H groups in total. The van der Waals surface area contributed by atoms with Gasteiger partial charge in [0.15, 0.2) is 0 Å². The quantitative estimate of drug-likeness (QED) is 0.417. The number of nitrogens with zero attached hydrogens (tertiary/aromatic N) is 1. The molecule has 150 valence electrons. The van der Waals surface area contributed by atoms with Crippen LogP contribution in [0.3, 0.4) is 0 Å². The van der Waals surface area contributed by atoms with Gasteiger partial charge in [-0.25, -0.2) is 0 Å². The van der Waals surface area contributed by atoms with Gasteiger partial charge in [-0.3, -0.25) is 14.1 Å². The van der Waals surface area contributed by atoms with E-state index in [-0.39, 0.29) is 0 Å². The van der Waals surface area contributed by atoms with Crippen LogP contribution < -0.4 is 10.6 Å². The number of fused-ring (bicyclic) bond motifs is 1. The van der Waals surface area contributed by atoms with Gasteiger partial charge in [0.2, 0.25) is 0 Å². The standard InChI is InChI=1S/C18H24ClN3.H2O4S/c19-14-7-8-16-17(9-12-22-18(16)13-14)21-11-4-10-20-15-5-2-1-3-6-15;1-5(2,3)4/h7-9,12-13,15,20H,1-6,10-11H2,(H,21,22);(H2,1,2,3,4). The minimum atomic E-state index is -4.67. The van der Waals surface area contributed by atoms with Gasteiger partial charge in [-0.2, -0.15) is 8.42 Å². The lowest BCUT2D eigenvalue weighted by Crippen LogP contribution is -2.32. The molecular formula is C18H26ClN3O4S. The fraction of sp³-hybridized carbons (Fsp3) is 0.500. The van der Waals surface area contributed by atoms with Crippen molar-refractivity contribution >= 4 is 38.6 Å². The third kappa shape index (κ3) is 8.85. The van der Waals surface area contributed by atoms with Gasteiger partial charge in [-0.1, -0.05) is 30.9 Å². The summed E-state index contributed by atoms with van der Waals surface area (Å²) in [5, 5.41) is 9.07. The zero-order valence-corrected chi connectivity index (χ0v) is 16.6. The second-order valence-corrected chi connectivity index (χ2v) is 7.87.